The zero-order chi connectivity index (χ0) is 18.1. The van der Waals surface area contributed by atoms with Gasteiger partial charge in [0, 0.05) is 32.9 Å². The third-order valence-electron chi connectivity index (χ3n) is 5.74. The number of carbonyl (C=O) groups is 1. The number of hydrogen-bond acceptors (Lipinski definition) is 4. The zero-order valence-corrected chi connectivity index (χ0v) is 15.5. The van der Waals surface area contributed by atoms with Crippen LogP contribution < -0.4 is 9.64 Å². The van der Waals surface area contributed by atoms with E-state index in [0.29, 0.717) is 0 Å². The van der Waals surface area contributed by atoms with Gasteiger partial charge in [0.15, 0.2) is 0 Å². The van der Waals surface area contributed by atoms with Gasteiger partial charge in [-0.25, -0.2) is 0 Å². The molecule has 0 bridgehead atoms. The molecule has 3 heterocycles. The monoisotopic (exact) mass is 354 g/mol. The van der Waals surface area contributed by atoms with Crippen molar-refractivity contribution in [3.8, 4) is 5.75 Å². The molecule has 1 spiro atoms. The molecule has 138 valence electrons. The molecule has 4 rings (SSSR count). The van der Waals surface area contributed by atoms with E-state index in [9.17, 15) is 4.79 Å². The normalized spacial score (nSPS) is 23.8. The lowest BCUT2D eigenvalue weighted by Gasteiger charge is -2.39. The van der Waals surface area contributed by atoms with Gasteiger partial charge in [-0.15, -0.1) is 0 Å². The molecule has 0 aliphatic carbocycles. The van der Waals surface area contributed by atoms with Crippen LogP contribution in [0.15, 0.2) is 36.7 Å². The molecule has 0 N–H and O–H groups in total. The minimum atomic E-state index is -0.236. The Hall–Kier alpha value is -2.34. The van der Waals surface area contributed by atoms with E-state index in [1.54, 1.807) is 18.0 Å². The van der Waals surface area contributed by atoms with Crippen LogP contribution in [0.25, 0.3) is 0 Å². The summed E-state index contributed by atoms with van der Waals surface area (Å²) in [4.78, 5) is 17.6. The van der Waals surface area contributed by atoms with E-state index in [4.69, 9.17) is 4.74 Å². The van der Waals surface area contributed by atoms with Crippen LogP contribution >= 0.6 is 0 Å². The maximum atomic E-state index is 13.2. The number of rotatable bonds is 4. The largest absolute Gasteiger partial charge is 0.497 e. The number of aromatic nitrogens is 2. The van der Waals surface area contributed by atoms with Crippen molar-refractivity contribution < 1.29 is 9.53 Å². The molecule has 0 radical (unpaired) electrons. The number of ether oxygens (including phenoxy) is 1. The molecule has 0 saturated carbocycles. The molecule has 2 aliphatic heterocycles. The lowest BCUT2D eigenvalue weighted by Crippen LogP contribution is -2.47. The molecule has 6 nitrogen and oxygen atoms in total. The number of methoxy groups -OCH3 is 1. The minimum absolute atomic E-state index is 0.236. The number of nitrogens with zero attached hydrogens (tertiary/aromatic N) is 4. The van der Waals surface area contributed by atoms with Gasteiger partial charge in [0.05, 0.1) is 24.4 Å². The fourth-order valence-electron chi connectivity index (χ4n) is 4.34. The fourth-order valence-corrected chi connectivity index (χ4v) is 4.34. The Morgan fingerprint density at radius 1 is 1.19 bits per heavy atom. The summed E-state index contributed by atoms with van der Waals surface area (Å²) < 4.78 is 6.99. The first-order valence-corrected chi connectivity index (χ1v) is 9.26. The summed E-state index contributed by atoms with van der Waals surface area (Å²) in [6, 6.07) is 8.22. The van der Waals surface area contributed by atoms with Crippen molar-refractivity contribution >= 4 is 11.6 Å². The summed E-state index contributed by atoms with van der Waals surface area (Å²) in [6.45, 7) is 3.56. The second kappa shape index (κ2) is 6.76. The van der Waals surface area contributed by atoms with Crippen LogP contribution in [0.4, 0.5) is 5.69 Å². The van der Waals surface area contributed by atoms with Gasteiger partial charge in [-0.1, -0.05) is 12.1 Å². The highest BCUT2D eigenvalue weighted by atomic mass is 16.5. The molecule has 2 aliphatic rings. The van der Waals surface area contributed by atoms with Crippen LogP contribution in [-0.4, -0.2) is 47.3 Å². The summed E-state index contributed by atoms with van der Waals surface area (Å²) in [7, 11) is 3.57. The molecular formula is C20H26N4O2. The van der Waals surface area contributed by atoms with E-state index < -0.39 is 0 Å². The summed E-state index contributed by atoms with van der Waals surface area (Å²) in [6.07, 6.45) is 6.70. The average molecular weight is 354 g/mol. The first kappa shape index (κ1) is 17.1. The van der Waals surface area contributed by atoms with Gasteiger partial charge in [-0.2, -0.15) is 5.10 Å². The van der Waals surface area contributed by atoms with E-state index in [1.165, 1.54) is 5.56 Å². The smallest absolute Gasteiger partial charge is 0.234 e. The first-order valence-electron chi connectivity index (χ1n) is 9.26. The van der Waals surface area contributed by atoms with Crippen molar-refractivity contribution in [1.29, 1.82) is 0 Å². The molecule has 2 fully saturated rings. The molecule has 1 atom stereocenters. The third-order valence-corrected chi connectivity index (χ3v) is 5.74. The maximum Gasteiger partial charge on any atom is 0.234 e. The predicted octanol–water partition coefficient (Wildman–Crippen LogP) is 2.45. The molecule has 2 aromatic rings. The minimum Gasteiger partial charge on any atom is -0.497 e. The number of carbonyl (C=O) groups excluding carboxylic acids is 1. The van der Waals surface area contributed by atoms with Gasteiger partial charge in [-0.05, 0) is 43.5 Å². The van der Waals surface area contributed by atoms with Crippen LogP contribution in [0.2, 0.25) is 0 Å². The highest BCUT2D eigenvalue weighted by Gasteiger charge is 2.49. The summed E-state index contributed by atoms with van der Waals surface area (Å²) in [5.41, 5.74) is 1.94. The van der Waals surface area contributed by atoms with Crippen LogP contribution in [-0.2, 0) is 18.4 Å². The second-order valence-electron chi connectivity index (χ2n) is 7.52. The second-order valence-corrected chi connectivity index (χ2v) is 7.52. The van der Waals surface area contributed by atoms with Crippen LogP contribution in [0.5, 0.6) is 5.75 Å². The third kappa shape index (κ3) is 3.09. The average Bonchev–Trinajstić information content (AvgIpc) is 3.20. The van der Waals surface area contributed by atoms with Crippen molar-refractivity contribution in [2.75, 3.05) is 31.6 Å². The molecule has 1 aromatic carbocycles. The summed E-state index contributed by atoms with van der Waals surface area (Å²) >= 11 is 0. The van der Waals surface area contributed by atoms with Crippen molar-refractivity contribution in [1.82, 2.24) is 14.7 Å². The van der Waals surface area contributed by atoms with Crippen molar-refractivity contribution in [2.24, 2.45) is 12.5 Å². The van der Waals surface area contributed by atoms with Gasteiger partial charge >= 0.3 is 0 Å². The van der Waals surface area contributed by atoms with E-state index in [1.807, 2.05) is 30.3 Å². The number of hydrogen-bond donors (Lipinski definition) is 0. The Kier molecular flexibility index (Phi) is 4.44. The zero-order valence-electron chi connectivity index (χ0n) is 15.5. The molecular weight excluding hydrogens is 328 g/mol. The van der Waals surface area contributed by atoms with Gasteiger partial charge in [0.25, 0.3) is 0 Å². The van der Waals surface area contributed by atoms with Gasteiger partial charge in [0.2, 0.25) is 5.91 Å². The Morgan fingerprint density at radius 2 is 2.00 bits per heavy atom. The molecule has 0 unspecified atom stereocenters. The number of anilines is 1. The standard InChI is InChI=1S/C20H26N4O2/c1-22-14-17(12-21-22)24-11-9-20(19(24)25)8-3-10-23(15-20)13-16-4-6-18(26-2)7-5-16/h4-7,12,14H,3,8-11,13,15H2,1-2H3/t20-/m0/s1. The molecule has 1 aromatic heterocycles. The number of benzene rings is 1. The van der Waals surface area contributed by atoms with E-state index in [-0.39, 0.29) is 11.3 Å². The summed E-state index contributed by atoms with van der Waals surface area (Å²) in [5.74, 6) is 1.15. The highest BCUT2D eigenvalue weighted by molar-refractivity contribution is 6.00. The van der Waals surface area contributed by atoms with Gasteiger partial charge < -0.3 is 9.64 Å². The topological polar surface area (TPSA) is 50.6 Å². The summed E-state index contributed by atoms with van der Waals surface area (Å²) in [5, 5.41) is 4.22. The Morgan fingerprint density at radius 3 is 2.69 bits per heavy atom. The Labute approximate surface area is 154 Å². The molecule has 6 heteroatoms. The van der Waals surface area contributed by atoms with E-state index >= 15 is 0 Å². The van der Waals surface area contributed by atoms with E-state index in [0.717, 1.165) is 56.9 Å². The number of piperidine rings is 1. The highest BCUT2D eigenvalue weighted by Crippen LogP contribution is 2.42. The SMILES string of the molecule is COc1ccc(CN2CCC[C@]3(CCN(c4cnn(C)c4)C3=O)C2)cc1. The van der Waals surface area contributed by atoms with Crippen LogP contribution in [0.3, 0.4) is 0 Å². The first-order chi connectivity index (χ1) is 12.6. The maximum absolute atomic E-state index is 13.2. The molecule has 2 saturated heterocycles. The lowest BCUT2D eigenvalue weighted by molar-refractivity contribution is -0.128. The number of aryl methyl sites for hydroxylation is 1. The van der Waals surface area contributed by atoms with Crippen molar-refractivity contribution in [3.63, 3.8) is 0 Å². The number of likely N-dealkylation sites (tertiary alicyclic amines) is 1. The molecule has 1 amide bonds. The lowest BCUT2D eigenvalue weighted by atomic mass is 9.78. The van der Waals surface area contributed by atoms with Crippen molar-refractivity contribution in [2.45, 2.75) is 25.8 Å². The molecule has 26 heavy (non-hydrogen) atoms. The number of amides is 1. The Balaban J connectivity index is 1.46. The van der Waals surface area contributed by atoms with E-state index in [2.05, 4.69) is 22.1 Å². The fraction of sp³-hybridized carbons (Fsp3) is 0.500. The Bertz CT molecular complexity index is 785. The predicted molar refractivity (Wildman–Crippen MR) is 100 cm³/mol. The van der Waals surface area contributed by atoms with Gasteiger partial charge in [0.1, 0.15) is 5.75 Å². The quantitative estimate of drug-likeness (QED) is 0.846. The van der Waals surface area contributed by atoms with Gasteiger partial charge in [-0.3, -0.25) is 14.4 Å². The van der Waals surface area contributed by atoms with Crippen LogP contribution in [0.1, 0.15) is 24.8 Å². The van der Waals surface area contributed by atoms with Crippen molar-refractivity contribution in [3.05, 3.63) is 42.2 Å². The van der Waals surface area contributed by atoms with Crippen LogP contribution in [0, 0.1) is 5.41 Å².